The number of amidine groups is 2. The zero-order valence-electron chi connectivity index (χ0n) is 7.75. The van der Waals surface area contributed by atoms with E-state index in [2.05, 4.69) is 4.99 Å². The van der Waals surface area contributed by atoms with Gasteiger partial charge in [0.05, 0.1) is 0 Å². The summed E-state index contributed by atoms with van der Waals surface area (Å²) < 4.78 is 0. The maximum absolute atomic E-state index is 9.56. The fraction of sp³-hybridized carbons (Fsp3) is 0.111. The topological polar surface area (TPSA) is 91.9 Å². The van der Waals surface area contributed by atoms with E-state index >= 15 is 0 Å². The molecule has 6 nitrogen and oxygen atoms in total. The molecule has 2 rings (SSSR count). The highest BCUT2D eigenvalue weighted by Gasteiger charge is 2.31. The first-order valence-corrected chi connectivity index (χ1v) is 4.34. The van der Waals surface area contributed by atoms with Crippen LogP contribution in [0.1, 0.15) is 11.7 Å². The van der Waals surface area contributed by atoms with Crippen molar-refractivity contribution in [1.82, 2.24) is 10.5 Å². The van der Waals surface area contributed by atoms with Crippen molar-refractivity contribution in [2.75, 3.05) is 0 Å². The van der Waals surface area contributed by atoms with Crippen LogP contribution in [0.15, 0.2) is 35.3 Å². The molecular formula is C9H10N4O2. The molecule has 1 aliphatic rings. The Labute approximate surface area is 85.9 Å². The summed E-state index contributed by atoms with van der Waals surface area (Å²) in [6.07, 6.45) is -0.673. The van der Waals surface area contributed by atoms with E-state index in [4.69, 9.17) is 10.6 Å². The summed E-state index contributed by atoms with van der Waals surface area (Å²) in [5.74, 6) is -0.308. The molecule has 15 heavy (non-hydrogen) atoms. The van der Waals surface area contributed by atoms with Crippen molar-refractivity contribution in [1.29, 1.82) is 5.41 Å². The summed E-state index contributed by atoms with van der Waals surface area (Å²) in [6, 6.07) is 9.04. The van der Waals surface area contributed by atoms with E-state index in [0.717, 1.165) is 5.56 Å². The first-order chi connectivity index (χ1) is 7.24. The van der Waals surface area contributed by atoms with Gasteiger partial charge in [-0.15, -0.1) is 0 Å². The molecule has 0 radical (unpaired) electrons. The van der Waals surface area contributed by atoms with Gasteiger partial charge in [-0.1, -0.05) is 30.3 Å². The van der Waals surface area contributed by atoms with Gasteiger partial charge in [0, 0.05) is 0 Å². The van der Waals surface area contributed by atoms with Crippen LogP contribution in [0.3, 0.4) is 0 Å². The SMILES string of the molecule is N=C1C(NO)=N[C@H](c2ccccc2)N1O. The number of aliphatic imine (C=N–C) groups is 1. The van der Waals surface area contributed by atoms with Crippen LogP contribution in [0, 0.1) is 5.41 Å². The molecule has 1 aromatic carbocycles. The lowest BCUT2D eigenvalue weighted by Crippen LogP contribution is -2.33. The second-order valence-corrected chi connectivity index (χ2v) is 3.07. The molecule has 0 amide bonds. The van der Waals surface area contributed by atoms with E-state index in [-0.39, 0.29) is 11.7 Å². The van der Waals surface area contributed by atoms with Gasteiger partial charge in [0.25, 0.3) is 0 Å². The van der Waals surface area contributed by atoms with Gasteiger partial charge in [-0.25, -0.2) is 15.5 Å². The van der Waals surface area contributed by atoms with Gasteiger partial charge in [0.1, 0.15) is 0 Å². The van der Waals surface area contributed by atoms with Crippen molar-refractivity contribution in [2.45, 2.75) is 6.17 Å². The maximum atomic E-state index is 9.56. The van der Waals surface area contributed by atoms with Gasteiger partial charge in [-0.05, 0) is 5.56 Å². The molecule has 0 spiro atoms. The van der Waals surface area contributed by atoms with E-state index in [1.54, 1.807) is 17.6 Å². The van der Waals surface area contributed by atoms with Gasteiger partial charge >= 0.3 is 0 Å². The molecule has 0 unspecified atom stereocenters. The van der Waals surface area contributed by atoms with E-state index in [1.165, 1.54) is 0 Å². The summed E-state index contributed by atoms with van der Waals surface area (Å²) in [6.45, 7) is 0. The summed E-state index contributed by atoms with van der Waals surface area (Å²) in [5.41, 5.74) is 2.51. The molecule has 0 aliphatic carbocycles. The number of hydroxylamine groups is 3. The fourth-order valence-electron chi connectivity index (χ4n) is 1.39. The Morgan fingerprint density at radius 1 is 1.33 bits per heavy atom. The number of nitrogens with one attached hydrogen (secondary N) is 2. The predicted molar refractivity (Wildman–Crippen MR) is 52.9 cm³/mol. The zero-order chi connectivity index (χ0) is 10.8. The molecule has 0 saturated heterocycles. The van der Waals surface area contributed by atoms with Crippen molar-refractivity contribution in [3.63, 3.8) is 0 Å². The molecule has 0 aromatic heterocycles. The summed E-state index contributed by atoms with van der Waals surface area (Å²) in [5, 5.41) is 26.3. The molecule has 1 aromatic rings. The van der Waals surface area contributed by atoms with Crippen LogP contribution in [0.25, 0.3) is 0 Å². The minimum Gasteiger partial charge on any atom is -0.290 e. The van der Waals surface area contributed by atoms with Gasteiger partial charge in [-0.2, -0.15) is 0 Å². The van der Waals surface area contributed by atoms with Gasteiger partial charge in [0.15, 0.2) is 17.8 Å². The lowest BCUT2D eigenvalue weighted by atomic mass is 10.2. The Kier molecular flexibility index (Phi) is 2.36. The molecule has 1 aliphatic heterocycles. The van der Waals surface area contributed by atoms with Crippen LogP contribution < -0.4 is 5.48 Å². The average Bonchev–Trinajstić information content (AvgIpc) is 2.57. The summed E-state index contributed by atoms with van der Waals surface area (Å²) in [4.78, 5) is 3.95. The largest absolute Gasteiger partial charge is 0.290 e. The predicted octanol–water partition coefficient (Wildman–Crippen LogP) is 0.745. The Morgan fingerprint density at radius 2 is 2.00 bits per heavy atom. The van der Waals surface area contributed by atoms with Crippen LogP contribution in [-0.2, 0) is 0 Å². The minimum atomic E-state index is -0.673. The first kappa shape index (κ1) is 9.63. The van der Waals surface area contributed by atoms with Crippen LogP contribution in [0.5, 0.6) is 0 Å². The third kappa shape index (κ3) is 1.56. The van der Waals surface area contributed by atoms with Crippen molar-refractivity contribution in [3.8, 4) is 0 Å². The van der Waals surface area contributed by atoms with E-state index in [1.807, 2.05) is 18.2 Å². The molecule has 6 heteroatoms. The first-order valence-electron chi connectivity index (χ1n) is 4.34. The molecule has 0 bridgehead atoms. The quantitative estimate of drug-likeness (QED) is 0.510. The Hall–Kier alpha value is -1.92. The standard InChI is InChI=1S/C9H10N4O2/c10-7-8(12-14)11-9(13(7)15)6-4-2-1-3-5-6/h1-5,9-10,14-15H,(H,11,12)/t9-/m0/s1. The van der Waals surface area contributed by atoms with Crippen molar-refractivity contribution in [2.24, 2.45) is 4.99 Å². The number of benzene rings is 1. The Balaban J connectivity index is 2.33. The van der Waals surface area contributed by atoms with Crippen LogP contribution in [0.4, 0.5) is 0 Å². The van der Waals surface area contributed by atoms with E-state index in [0.29, 0.717) is 5.06 Å². The lowest BCUT2D eigenvalue weighted by Gasteiger charge is -2.16. The van der Waals surface area contributed by atoms with E-state index in [9.17, 15) is 5.21 Å². The fourth-order valence-corrected chi connectivity index (χ4v) is 1.39. The summed E-state index contributed by atoms with van der Waals surface area (Å²) >= 11 is 0. The Bertz CT molecular complexity index is 404. The highest BCUT2D eigenvalue weighted by Crippen LogP contribution is 2.25. The van der Waals surface area contributed by atoms with Crippen LogP contribution >= 0.6 is 0 Å². The summed E-state index contributed by atoms with van der Waals surface area (Å²) in [7, 11) is 0. The third-order valence-electron chi connectivity index (χ3n) is 2.14. The molecule has 1 heterocycles. The number of rotatable bonds is 1. The second-order valence-electron chi connectivity index (χ2n) is 3.07. The van der Waals surface area contributed by atoms with Crippen LogP contribution in [0.2, 0.25) is 0 Å². The molecular weight excluding hydrogens is 196 g/mol. The lowest BCUT2D eigenvalue weighted by molar-refractivity contribution is -0.0454. The van der Waals surface area contributed by atoms with E-state index < -0.39 is 6.17 Å². The molecule has 78 valence electrons. The Morgan fingerprint density at radius 3 is 2.53 bits per heavy atom. The molecule has 1 atom stereocenters. The van der Waals surface area contributed by atoms with Gasteiger partial charge < -0.3 is 0 Å². The smallest absolute Gasteiger partial charge is 0.192 e. The number of hydrogen-bond donors (Lipinski definition) is 4. The highest BCUT2D eigenvalue weighted by atomic mass is 16.5. The second kappa shape index (κ2) is 3.68. The number of hydrogen-bond acceptors (Lipinski definition) is 5. The average molecular weight is 206 g/mol. The maximum Gasteiger partial charge on any atom is 0.192 e. The minimum absolute atomic E-state index is 0.0497. The normalized spacial score (nSPS) is 20.4. The monoisotopic (exact) mass is 206 g/mol. The highest BCUT2D eigenvalue weighted by molar-refractivity contribution is 6.39. The zero-order valence-corrected chi connectivity index (χ0v) is 7.75. The van der Waals surface area contributed by atoms with Crippen molar-refractivity contribution >= 4 is 11.7 Å². The van der Waals surface area contributed by atoms with Crippen LogP contribution in [-0.4, -0.2) is 27.1 Å². The van der Waals surface area contributed by atoms with Crippen molar-refractivity contribution < 1.29 is 10.4 Å². The molecule has 0 saturated carbocycles. The molecule has 0 fully saturated rings. The molecule has 4 N–H and O–H groups in total. The van der Waals surface area contributed by atoms with Gasteiger partial charge in [0.2, 0.25) is 0 Å². The third-order valence-corrected chi connectivity index (χ3v) is 2.14. The van der Waals surface area contributed by atoms with Gasteiger partial charge in [-0.3, -0.25) is 15.8 Å². The van der Waals surface area contributed by atoms with Crippen molar-refractivity contribution in [3.05, 3.63) is 35.9 Å². The number of nitrogens with zero attached hydrogens (tertiary/aromatic N) is 2.